The molecule has 0 aromatic carbocycles. The van der Waals surface area contributed by atoms with Crippen LogP contribution in [0.3, 0.4) is 0 Å². The average molecular weight is 348 g/mol. The van der Waals surface area contributed by atoms with E-state index in [1.54, 1.807) is 0 Å². The molecule has 7 heteroatoms. The maximum Gasteiger partial charge on any atom is 0.306 e. The second-order valence-electron chi connectivity index (χ2n) is 8.31. The molecule has 0 rings (SSSR count). The van der Waals surface area contributed by atoms with Gasteiger partial charge < -0.3 is 24.2 Å². The number of rotatable bonds is 12. The fourth-order valence-electron chi connectivity index (χ4n) is 1.76. The Morgan fingerprint density at radius 3 is 1.42 bits per heavy atom. The number of esters is 2. The summed E-state index contributed by atoms with van der Waals surface area (Å²) in [7, 11) is 12.3. The fourth-order valence-corrected chi connectivity index (χ4v) is 1.76. The molecule has 142 valence electrons. The van der Waals surface area contributed by atoms with Crippen LogP contribution in [-0.4, -0.2) is 95.5 Å². The van der Waals surface area contributed by atoms with Gasteiger partial charge in [-0.15, -0.1) is 0 Å². The molecule has 0 aliphatic carbocycles. The van der Waals surface area contributed by atoms with Gasteiger partial charge in [-0.25, -0.2) is 0 Å². The van der Waals surface area contributed by atoms with E-state index in [0.717, 1.165) is 22.1 Å². The van der Waals surface area contributed by atoms with Crippen LogP contribution in [0.2, 0.25) is 0 Å². The Labute approximate surface area is 146 Å². The Morgan fingerprint density at radius 1 is 0.792 bits per heavy atom. The van der Waals surface area contributed by atoms with E-state index >= 15 is 0 Å². The van der Waals surface area contributed by atoms with E-state index in [4.69, 9.17) is 15.2 Å². The first-order valence-corrected chi connectivity index (χ1v) is 8.57. The van der Waals surface area contributed by atoms with Crippen LogP contribution in [0.5, 0.6) is 0 Å². The molecule has 0 amide bonds. The van der Waals surface area contributed by atoms with E-state index in [2.05, 4.69) is 0 Å². The van der Waals surface area contributed by atoms with Crippen LogP contribution in [0.1, 0.15) is 25.7 Å². The molecule has 0 radical (unpaired) electrons. The van der Waals surface area contributed by atoms with Crippen LogP contribution >= 0.6 is 0 Å². The third-order valence-electron chi connectivity index (χ3n) is 3.49. The zero-order valence-corrected chi connectivity index (χ0v) is 16.3. The lowest BCUT2D eigenvalue weighted by molar-refractivity contribution is -0.870. The lowest BCUT2D eigenvalue weighted by Crippen LogP contribution is -2.38. The molecule has 0 saturated carbocycles. The maximum atomic E-state index is 11.6. The van der Waals surface area contributed by atoms with Gasteiger partial charge in [-0.05, 0) is 12.8 Å². The number of carbonyl (C=O) groups excluding carboxylic acids is 2. The van der Waals surface area contributed by atoms with Crippen molar-refractivity contribution in [3.8, 4) is 0 Å². The lowest BCUT2D eigenvalue weighted by atomic mass is 10.1. The van der Waals surface area contributed by atoms with Crippen LogP contribution in [0.25, 0.3) is 0 Å². The molecule has 0 atom stereocenters. The van der Waals surface area contributed by atoms with Crippen molar-refractivity contribution >= 4 is 11.9 Å². The van der Waals surface area contributed by atoms with E-state index < -0.39 is 0 Å². The summed E-state index contributed by atoms with van der Waals surface area (Å²) in [5.74, 6) is -0.464. The molecule has 0 bridgehead atoms. The van der Waals surface area contributed by atoms with E-state index in [1.165, 1.54) is 0 Å². The number of quaternary nitrogens is 2. The topological polar surface area (TPSA) is 78.6 Å². The molecule has 0 aromatic rings. The monoisotopic (exact) mass is 347 g/mol. The third-order valence-corrected chi connectivity index (χ3v) is 3.49. The minimum Gasteiger partial charge on any atom is -0.460 e. The molecule has 0 aliphatic heterocycles. The summed E-state index contributed by atoms with van der Waals surface area (Å²) in [6.45, 7) is 2.38. The molecule has 0 spiro atoms. The number of nitrogens with two attached hydrogens (primary N) is 1. The summed E-state index contributed by atoms with van der Waals surface area (Å²) in [6.07, 6.45) is 1.62. The van der Waals surface area contributed by atoms with Crippen LogP contribution in [0.15, 0.2) is 0 Å². The highest BCUT2D eigenvalue weighted by atomic mass is 16.5. The summed E-state index contributed by atoms with van der Waals surface area (Å²) in [6, 6.07) is -0.193. The van der Waals surface area contributed by atoms with Gasteiger partial charge in [-0.3, -0.25) is 9.59 Å². The van der Waals surface area contributed by atoms with Crippen molar-refractivity contribution in [3.05, 3.63) is 0 Å². The standard InChI is InChI=1S/C17H37N3O4/c1-19(2,3)11-13-23-16(21)9-7-15(18)8-10-17(22)24-14-12-20(4,5)6/h15H,7-14,18H2,1-6H3/q+2. The molecule has 0 aromatic heterocycles. The van der Waals surface area contributed by atoms with Crippen molar-refractivity contribution in [2.24, 2.45) is 5.73 Å². The predicted molar refractivity (Wildman–Crippen MR) is 94.2 cm³/mol. The average Bonchev–Trinajstić information content (AvgIpc) is 2.40. The van der Waals surface area contributed by atoms with Crippen molar-refractivity contribution in [2.45, 2.75) is 31.7 Å². The maximum absolute atomic E-state index is 11.6. The van der Waals surface area contributed by atoms with Gasteiger partial charge in [0, 0.05) is 18.9 Å². The largest absolute Gasteiger partial charge is 0.460 e. The van der Waals surface area contributed by atoms with Crippen LogP contribution in [-0.2, 0) is 19.1 Å². The first kappa shape index (κ1) is 22.8. The quantitative estimate of drug-likeness (QED) is 0.408. The molecular formula is C17H37N3O4+2. The molecular weight excluding hydrogens is 310 g/mol. The zero-order chi connectivity index (χ0) is 18.8. The number of likely N-dealkylation sites (N-methyl/N-ethyl adjacent to an activating group) is 2. The van der Waals surface area contributed by atoms with Gasteiger partial charge in [-0.1, -0.05) is 0 Å². The first-order valence-electron chi connectivity index (χ1n) is 8.57. The summed E-state index contributed by atoms with van der Waals surface area (Å²) in [5.41, 5.74) is 5.94. The number of nitrogens with zero attached hydrogens (tertiary/aromatic N) is 2. The predicted octanol–water partition coefficient (Wildman–Crippen LogP) is 0.373. The molecule has 24 heavy (non-hydrogen) atoms. The molecule has 0 fully saturated rings. The van der Waals surface area contributed by atoms with E-state index in [0.29, 0.717) is 26.1 Å². The highest BCUT2D eigenvalue weighted by Crippen LogP contribution is 2.05. The minimum atomic E-state index is -0.232. The van der Waals surface area contributed by atoms with Crippen LogP contribution in [0.4, 0.5) is 0 Å². The van der Waals surface area contributed by atoms with Gasteiger partial charge in [0.25, 0.3) is 0 Å². The van der Waals surface area contributed by atoms with Crippen molar-refractivity contribution in [2.75, 3.05) is 68.6 Å². The lowest BCUT2D eigenvalue weighted by Gasteiger charge is -2.23. The van der Waals surface area contributed by atoms with Gasteiger partial charge in [-0.2, -0.15) is 0 Å². The zero-order valence-electron chi connectivity index (χ0n) is 16.3. The molecule has 2 N–H and O–H groups in total. The molecule has 0 saturated heterocycles. The van der Waals surface area contributed by atoms with Gasteiger partial charge in [0.1, 0.15) is 26.3 Å². The number of hydrogen-bond acceptors (Lipinski definition) is 5. The highest BCUT2D eigenvalue weighted by molar-refractivity contribution is 5.70. The Hall–Kier alpha value is -1.18. The van der Waals surface area contributed by atoms with Crippen LogP contribution in [0, 0.1) is 0 Å². The van der Waals surface area contributed by atoms with Gasteiger partial charge in [0.2, 0.25) is 0 Å². The smallest absolute Gasteiger partial charge is 0.306 e. The van der Waals surface area contributed by atoms with Crippen molar-refractivity contribution in [1.82, 2.24) is 0 Å². The number of carbonyl (C=O) groups is 2. The third kappa shape index (κ3) is 15.7. The van der Waals surface area contributed by atoms with Crippen molar-refractivity contribution in [3.63, 3.8) is 0 Å². The summed E-state index contributed by atoms with van der Waals surface area (Å²) < 4.78 is 11.9. The summed E-state index contributed by atoms with van der Waals surface area (Å²) in [5, 5.41) is 0. The molecule has 7 nitrogen and oxygen atoms in total. The SMILES string of the molecule is C[N+](C)(C)CCOC(=O)CCC(N)CCC(=O)OCC[N+](C)(C)C. The fraction of sp³-hybridized carbons (Fsp3) is 0.882. The molecule has 0 unspecified atom stereocenters. The van der Waals surface area contributed by atoms with Crippen LogP contribution < -0.4 is 5.73 Å². The van der Waals surface area contributed by atoms with E-state index in [1.807, 2.05) is 42.3 Å². The molecule has 0 aliphatic rings. The highest BCUT2D eigenvalue weighted by Gasteiger charge is 2.14. The Morgan fingerprint density at radius 2 is 1.12 bits per heavy atom. The normalized spacial score (nSPS) is 12.3. The van der Waals surface area contributed by atoms with E-state index in [-0.39, 0.29) is 30.8 Å². The Balaban J connectivity index is 3.73. The second kappa shape index (κ2) is 10.6. The van der Waals surface area contributed by atoms with Crippen molar-refractivity contribution < 1.29 is 28.0 Å². The summed E-state index contributed by atoms with van der Waals surface area (Å²) in [4.78, 5) is 23.3. The number of hydrogen-bond donors (Lipinski definition) is 1. The van der Waals surface area contributed by atoms with Crippen molar-refractivity contribution in [1.29, 1.82) is 0 Å². The Bertz CT molecular complexity index is 350. The van der Waals surface area contributed by atoms with Gasteiger partial charge >= 0.3 is 11.9 Å². The van der Waals surface area contributed by atoms with E-state index in [9.17, 15) is 9.59 Å². The van der Waals surface area contributed by atoms with Gasteiger partial charge in [0.15, 0.2) is 0 Å². The Kier molecular flexibility index (Phi) is 10.1. The molecule has 0 heterocycles. The minimum absolute atomic E-state index is 0.193. The number of ether oxygens (including phenoxy) is 2. The second-order valence-corrected chi connectivity index (χ2v) is 8.31. The van der Waals surface area contributed by atoms with Gasteiger partial charge in [0.05, 0.1) is 42.3 Å². The first-order chi connectivity index (χ1) is 10.9. The summed E-state index contributed by atoms with van der Waals surface area (Å²) >= 11 is 0.